The molecule has 0 atom stereocenters. The average Bonchev–Trinajstić information content (AvgIpc) is 2.59. The second-order valence-electron chi connectivity index (χ2n) is 6.21. The van der Waals surface area contributed by atoms with Gasteiger partial charge in [-0.25, -0.2) is 0 Å². The number of ether oxygens (including phenoxy) is 1. The maximum Gasteiger partial charge on any atom is 0.251 e. The van der Waals surface area contributed by atoms with Crippen LogP contribution in [0.25, 0.3) is 0 Å². The standard InChI is InChI=1S/C20H26N2O2/c1-22(2)16-8-4-7-15-21-20(23)17-11-13-19(14-12-17)24-18-9-5-3-6-10-18/h3,5-6,9-14H,4,7-8,15-16H2,1-2H3,(H,21,23)/p+1. The lowest BCUT2D eigenvalue weighted by molar-refractivity contribution is -0.858. The summed E-state index contributed by atoms with van der Waals surface area (Å²) in [5, 5.41) is 2.97. The number of amides is 1. The molecule has 128 valence electrons. The van der Waals surface area contributed by atoms with Crippen molar-refractivity contribution in [3.63, 3.8) is 0 Å². The Morgan fingerprint density at radius 1 is 0.917 bits per heavy atom. The topological polar surface area (TPSA) is 42.8 Å². The first-order valence-corrected chi connectivity index (χ1v) is 8.55. The molecule has 0 saturated carbocycles. The minimum atomic E-state index is -0.0282. The second kappa shape index (κ2) is 9.73. The van der Waals surface area contributed by atoms with Gasteiger partial charge in [0, 0.05) is 12.1 Å². The molecule has 0 bridgehead atoms. The Balaban J connectivity index is 1.73. The molecule has 0 aromatic heterocycles. The van der Waals surface area contributed by atoms with E-state index in [2.05, 4.69) is 19.4 Å². The zero-order chi connectivity index (χ0) is 17.2. The van der Waals surface area contributed by atoms with Crippen LogP contribution in [0.2, 0.25) is 0 Å². The molecule has 0 radical (unpaired) electrons. The van der Waals surface area contributed by atoms with Gasteiger partial charge in [-0.15, -0.1) is 0 Å². The molecule has 2 aromatic carbocycles. The zero-order valence-electron chi connectivity index (χ0n) is 14.5. The Hall–Kier alpha value is -2.33. The van der Waals surface area contributed by atoms with Crippen LogP contribution in [-0.4, -0.2) is 33.1 Å². The number of quaternary nitrogens is 1. The molecule has 0 aliphatic heterocycles. The number of rotatable bonds is 9. The largest absolute Gasteiger partial charge is 0.457 e. The number of unbranched alkanes of at least 4 members (excludes halogenated alkanes) is 2. The molecule has 2 N–H and O–H groups in total. The summed E-state index contributed by atoms with van der Waals surface area (Å²) in [6, 6.07) is 16.8. The van der Waals surface area contributed by atoms with Crippen molar-refractivity contribution in [1.82, 2.24) is 5.32 Å². The van der Waals surface area contributed by atoms with E-state index in [9.17, 15) is 4.79 Å². The highest BCUT2D eigenvalue weighted by Gasteiger charge is 2.05. The lowest BCUT2D eigenvalue weighted by atomic mass is 10.2. The van der Waals surface area contributed by atoms with Gasteiger partial charge in [0.15, 0.2) is 0 Å². The van der Waals surface area contributed by atoms with Gasteiger partial charge in [-0.05, 0) is 55.7 Å². The predicted octanol–water partition coefficient (Wildman–Crippen LogP) is 2.52. The molecular weight excluding hydrogens is 300 g/mol. The number of hydrogen-bond acceptors (Lipinski definition) is 2. The van der Waals surface area contributed by atoms with Crippen LogP contribution in [-0.2, 0) is 0 Å². The van der Waals surface area contributed by atoms with Crippen LogP contribution < -0.4 is 15.0 Å². The van der Waals surface area contributed by atoms with E-state index in [-0.39, 0.29) is 5.91 Å². The van der Waals surface area contributed by atoms with Crippen LogP contribution in [0.3, 0.4) is 0 Å². The lowest BCUT2D eigenvalue weighted by Gasteiger charge is -2.08. The molecule has 0 aliphatic rings. The summed E-state index contributed by atoms with van der Waals surface area (Å²) in [7, 11) is 4.32. The molecule has 0 fully saturated rings. The van der Waals surface area contributed by atoms with Gasteiger partial charge in [0.2, 0.25) is 0 Å². The quantitative estimate of drug-likeness (QED) is 0.695. The van der Waals surface area contributed by atoms with Crippen molar-refractivity contribution in [3.8, 4) is 11.5 Å². The van der Waals surface area contributed by atoms with E-state index in [0.717, 1.165) is 30.9 Å². The van der Waals surface area contributed by atoms with Crippen LogP contribution in [0.5, 0.6) is 11.5 Å². The minimum absolute atomic E-state index is 0.0282. The van der Waals surface area contributed by atoms with Crippen LogP contribution in [0.1, 0.15) is 29.6 Å². The van der Waals surface area contributed by atoms with Gasteiger partial charge >= 0.3 is 0 Å². The van der Waals surface area contributed by atoms with Gasteiger partial charge in [0.1, 0.15) is 11.5 Å². The van der Waals surface area contributed by atoms with E-state index in [0.29, 0.717) is 5.56 Å². The summed E-state index contributed by atoms with van der Waals surface area (Å²) >= 11 is 0. The number of nitrogens with one attached hydrogen (secondary N) is 2. The SMILES string of the molecule is C[NH+](C)CCCCCNC(=O)c1ccc(Oc2ccccc2)cc1. The molecule has 24 heavy (non-hydrogen) atoms. The van der Waals surface area contributed by atoms with Crippen molar-refractivity contribution >= 4 is 5.91 Å². The van der Waals surface area contributed by atoms with Crippen molar-refractivity contribution < 1.29 is 14.4 Å². The van der Waals surface area contributed by atoms with Crippen molar-refractivity contribution in [2.24, 2.45) is 0 Å². The Morgan fingerprint density at radius 2 is 1.58 bits per heavy atom. The van der Waals surface area contributed by atoms with Crippen LogP contribution in [0, 0.1) is 0 Å². The van der Waals surface area contributed by atoms with Crippen molar-refractivity contribution in [1.29, 1.82) is 0 Å². The summed E-state index contributed by atoms with van der Waals surface area (Å²) in [5.41, 5.74) is 0.660. The van der Waals surface area contributed by atoms with Crippen molar-refractivity contribution in [3.05, 3.63) is 60.2 Å². The fraction of sp³-hybridized carbons (Fsp3) is 0.350. The maximum atomic E-state index is 12.1. The first-order chi connectivity index (χ1) is 11.6. The summed E-state index contributed by atoms with van der Waals surface area (Å²) in [6.07, 6.45) is 3.37. The molecule has 2 aromatic rings. The monoisotopic (exact) mass is 327 g/mol. The van der Waals surface area contributed by atoms with Gasteiger partial charge < -0.3 is 15.0 Å². The van der Waals surface area contributed by atoms with E-state index in [1.807, 2.05) is 42.5 Å². The third-order valence-corrected chi connectivity index (χ3v) is 3.73. The number of hydrogen-bond donors (Lipinski definition) is 2. The summed E-state index contributed by atoms with van der Waals surface area (Å²) in [5.74, 6) is 1.48. The molecule has 4 heteroatoms. The minimum Gasteiger partial charge on any atom is -0.457 e. The Morgan fingerprint density at radius 3 is 2.25 bits per heavy atom. The first-order valence-electron chi connectivity index (χ1n) is 8.55. The lowest BCUT2D eigenvalue weighted by Crippen LogP contribution is -3.05. The van der Waals surface area contributed by atoms with E-state index >= 15 is 0 Å². The smallest absolute Gasteiger partial charge is 0.251 e. The maximum absolute atomic E-state index is 12.1. The van der Waals surface area contributed by atoms with E-state index < -0.39 is 0 Å². The van der Waals surface area contributed by atoms with Gasteiger partial charge in [-0.3, -0.25) is 4.79 Å². The van der Waals surface area contributed by atoms with E-state index in [4.69, 9.17) is 4.74 Å². The Labute approximate surface area is 144 Å². The summed E-state index contributed by atoms with van der Waals surface area (Å²) in [6.45, 7) is 1.90. The number of carbonyl (C=O) groups is 1. The zero-order valence-corrected chi connectivity index (χ0v) is 14.5. The summed E-state index contributed by atoms with van der Waals surface area (Å²) < 4.78 is 5.72. The Kier molecular flexibility index (Phi) is 7.30. The molecule has 0 spiro atoms. The normalized spacial score (nSPS) is 10.6. The van der Waals surface area contributed by atoms with Crippen LogP contribution >= 0.6 is 0 Å². The van der Waals surface area contributed by atoms with Crippen molar-refractivity contribution in [2.75, 3.05) is 27.2 Å². The Bertz CT molecular complexity index is 609. The van der Waals surface area contributed by atoms with E-state index in [1.54, 1.807) is 12.1 Å². The van der Waals surface area contributed by atoms with Crippen LogP contribution in [0.15, 0.2) is 54.6 Å². The summed E-state index contributed by atoms with van der Waals surface area (Å²) in [4.78, 5) is 13.6. The molecular formula is C20H27N2O2+. The fourth-order valence-electron chi connectivity index (χ4n) is 2.38. The van der Waals surface area contributed by atoms with Crippen molar-refractivity contribution in [2.45, 2.75) is 19.3 Å². The third kappa shape index (κ3) is 6.42. The predicted molar refractivity (Wildman–Crippen MR) is 96.8 cm³/mol. The molecule has 1 amide bonds. The highest BCUT2D eigenvalue weighted by molar-refractivity contribution is 5.94. The van der Waals surface area contributed by atoms with Crippen LogP contribution in [0.4, 0.5) is 0 Å². The first kappa shape index (κ1) is 18.0. The van der Waals surface area contributed by atoms with Gasteiger partial charge in [0.05, 0.1) is 20.6 Å². The number of benzene rings is 2. The number of para-hydroxylation sites is 1. The molecule has 4 nitrogen and oxygen atoms in total. The highest BCUT2D eigenvalue weighted by atomic mass is 16.5. The van der Waals surface area contributed by atoms with Gasteiger partial charge in [-0.1, -0.05) is 18.2 Å². The van der Waals surface area contributed by atoms with Gasteiger partial charge in [-0.2, -0.15) is 0 Å². The van der Waals surface area contributed by atoms with Gasteiger partial charge in [0.25, 0.3) is 5.91 Å². The highest BCUT2D eigenvalue weighted by Crippen LogP contribution is 2.21. The second-order valence-corrected chi connectivity index (χ2v) is 6.21. The third-order valence-electron chi connectivity index (χ3n) is 3.73. The fourth-order valence-corrected chi connectivity index (χ4v) is 2.38. The molecule has 0 unspecified atom stereocenters. The number of carbonyl (C=O) groups excluding carboxylic acids is 1. The van der Waals surface area contributed by atoms with E-state index in [1.165, 1.54) is 17.9 Å². The molecule has 0 heterocycles. The molecule has 2 rings (SSSR count). The molecule has 0 saturated heterocycles. The molecule has 0 aliphatic carbocycles. The average molecular weight is 327 g/mol.